The second kappa shape index (κ2) is 13.8. The van der Waals surface area contributed by atoms with Crippen LogP contribution >= 0.6 is 11.3 Å². The number of benzene rings is 1. The van der Waals surface area contributed by atoms with Gasteiger partial charge in [0.15, 0.2) is 11.6 Å². The molecule has 1 atom stereocenters. The van der Waals surface area contributed by atoms with E-state index in [1.165, 1.54) is 28.4 Å². The van der Waals surface area contributed by atoms with Gasteiger partial charge in [-0.3, -0.25) is 24.6 Å². The average Bonchev–Trinajstić information content (AvgIpc) is 3.74. The molecule has 15 heteroatoms. The van der Waals surface area contributed by atoms with Crippen molar-refractivity contribution in [3.8, 4) is 22.1 Å². The van der Waals surface area contributed by atoms with Crippen LogP contribution in [-0.2, 0) is 16.1 Å². The molecule has 1 aliphatic carbocycles. The number of halogens is 4. The summed E-state index contributed by atoms with van der Waals surface area (Å²) >= 11 is 1.40. The van der Waals surface area contributed by atoms with E-state index in [0.717, 1.165) is 30.4 Å². The van der Waals surface area contributed by atoms with Crippen LogP contribution in [0.4, 0.5) is 28.0 Å². The summed E-state index contributed by atoms with van der Waals surface area (Å²) in [6, 6.07) is 9.50. The number of carbonyl (C=O) groups is 2. The molecule has 0 radical (unpaired) electrons. The van der Waals surface area contributed by atoms with Crippen LogP contribution in [0.5, 0.6) is 11.5 Å². The number of anilines is 1. The Balaban J connectivity index is 1.07. The Bertz CT molecular complexity index is 1740. The number of pyridine rings is 2. The number of esters is 1. The molecule has 0 spiro atoms. The molecule has 1 aromatic carbocycles. The highest BCUT2D eigenvalue weighted by Crippen LogP contribution is 2.39. The van der Waals surface area contributed by atoms with Gasteiger partial charge in [0.2, 0.25) is 0 Å². The predicted molar refractivity (Wildman–Crippen MR) is 168 cm³/mol. The number of nitrogens with zero attached hydrogens (tertiary/aromatic N) is 4. The Morgan fingerprint density at radius 2 is 1.83 bits per heavy atom. The molecular formula is C32H32F4N6O4S. The third-order valence-corrected chi connectivity index (χ3v) is 9.16. The zero-order valence-electron chi connectivity index (χ0n) is 25.3. The van der Waals surface area contributed by atoms with E-state index in [9.17, 15) is 27.2 Å². The fourth-order valence-corrected chi connectivity index (χ4v) is 6.37. The fourth-order valence-electron chi connectivity index (χ4n) is 5.33. The van der Waals surface area contributed by atoms with E-state index < -0.39 is 30.4 Å². The Morgan fingerprint density at radius 1 is 1.04 bits per heavy atom. The highest BCUT2D eigenvalue weighted by atomic mass is 32.1. The number of rotatable bonds is 10. The van der Waals surface area contributed by atoms with Gasteiger partial charge in [-0.25, -0.2) is 9.18 Å². The molecule has 6 rings (SSSR count). The summed E-state index contributed by atoms with van der Waals surface area (Å²) in [4.78, 5) is 36.8. The zero-order valence-corrected chi connectivity index (χ0v) is 26.2. The Morgan fingerprint density at radius 3 is 2.49 bits per heavy atom. The third kappa shape index (κ3) is 8.15. The van der Waals surface area contributed by atoms with Crippen LogP contribution in [0, 0.1) is 5.82 Å². The number of carbonyl (C=O) groups excluding carboxylic acids is 2. The first-order valence-corrected chi connectivity index (χ1v) is 15.9. The summed E-state index contributed by atoms with van der Waals surface area (Å²) in [5, 5.41) is 5.41. The molecule has 2 aliphatic rings. The van der Waals surface area contributed by atoms with Crippen LogP contribution in [0.3, 0.4) is 0 Å². The van der Waals surface area contributed by atoms with Crippen molar-refractivity contribution in [2.45, 2.75) is 44.1 Å². The lowest BCUT2D eigenvalue weighted by molar-refractivity contribution is -0.194. The smallest absolute Gasteiger partial charge is 0.404 e. The van der Waals surface area contributed by atoms with Gasteiger partial charge in [-0.05, 0) is 42.7 Å². The van der Waals surface area contributed by atoms with Crippen molar-refractivity contribution in [3.63, 3.8) is 0 Å². The molecule has 0 bridgehead atoms. The van der Waals surface area contributed by atoms with E-state index in [0.29, 0.717) is 47.0 Å². The van der Waals surface area contributed by atoms with E-state index in [1.54, 1.807) is 24.5 Å². The van der Waals surface area contributed by atoms with E-state index in [1.807, 2.05) is 18.2 Å². The van der Waals surface area contributed by atoms with Gasteiger partial charge in [0, 0.05) is 69.0 Å². The minimum atomic E-state index is -4.53. The summed E-state index contributed by atoms with van der Waals surface area (Å²) in [5.74, 6) is -1.09. The Hall–Kier alpha value is -4.34. The van der Waals surface area contributed by atoms with Crippen molar-refractivity contribution in [3.05, 3.63) is 66.2 Å². The topological polar surface area (TPSA) is 109 Å². The SMILES string of the molecule is COC(=O)CC(N1CCN(Cc2ccc(-c3cc4nccc(Oc5ccc(NC(=O)NC6CC6)cc5F)c4s3)nc2)CC1)C(F)(F)F. The maximum absolute atomic E-state index is 14.9. The molecule has 248 valence electrons. The van der Waals surface area contributed by atoms with Crippen molar-refractivity contribution in [1.29, 1.82) is 0 Å². The monoisotopic (exact) mass is 672 g/mol. The van der Waals surface area contributed by atoms with Crippen LogP contribution < -0.4 is 15.4 Å². The van der Waals surface area contributed by atoms with Crippen molar-refractivity contribution in [1.82, 2.24) is 25.1 Å². The molecule has 1 unspecified atom stereocenters. The molecule has 3 aromatic heterocycles. The summed E-state index contributed by atoms with van der Waals surface area (Å²) < 4.78 is 66.8. The van der Waals surface area contributed by atoms with Crippen LogP contribution in [0.2, 0.25) is 0 Å². The number of hydrogen-bond donors (Lipinski definition) is 2. The number of hydrogen-bond acceptors (Lipinski definition) is 9. The maximum Gasteiger partial charge on any atom is 0.404 e. The molecule has 1 aliphatic heterocycles. The van der Waals surface area contributed by atoms with Crippen LogP contribution in [0.1, 0.15) is 24.8 Å². The lowest BCUT2D eigenvalue weighted by Crippen LogP contribution is -2.55. The van der Waals surface area contributed by atoms with Crippen LogP contribution in [-0.4, -0.2) is 83.3 Å². The number of fused-ring (bicyclic) bond motifs is 1. The Kier molecular flexibility index (Phi) is 9.57. The molecule has 47 heavy (non-hydrogen) atoms. The first-order valence-electron chi connectivity index (χ1n) is 15.0. The highest BCUT2D eigenvalue weighted by molar-refractivity contribution is 7.22. The third-order valence-electron chi connectivity index (χ3n) is 7.99. The lowest BCUT2D eigenvalue weighted by atomic mass is 10.1. The number of ether oxygens (including phenoxy) is 2. The van der Waals surface area contributed by atoms with Gasteiger partial charge >= 0.3 is 18.2 Å². The van der Waals surface area contributed by atoms with Gasteiger partial charge in [-0.2, -0.15) is 13.2 Å². The largest absolute Gasteiger partial charge is 0.469 e. The summed E-state index contributed by atoms with van der Waals surface area (Å²) in [6.07, 6.45) is -0.0492. The van der Waals surface area contributed by atoms with E-state index in [-0.39, 0.29) is 30.9 Å². The molecular weight excluding hydrogens is 640 g/mol. The number of piperazine rings is 1. The second-order valence-electron chi connectivity index (χ2n) is 11.5. The van der Waals surface area contributed by atoms with Gasteiger partial charge in [0.05, 0.1) is 34.3 Å². The molecule has 2 fully saturated rings. The minimum absolute atomic E-state index is 0.00121. The van der Waals surface area contributed by atoms with Crippen molar-refractivity contribution < 1.29 is 36.6 Å². The number of methoxy groups -OCH3 is 1. The number of thiophene rings is 1. The molecule has 10 nitrogen and oxygen atoms in total. The average molecular weight is 673 g/mol. The second-order valence-corrected chi connectivity index (χ2v) is 12.5. The minimum Gasteiger partial charge on any atom is -0.469 e. The normalized spacial score (nSPS) is 16.5. The first-order chi connectivity index (χ1) is 22.6. The maximum atomic E-state index is 14.9. The quantitative estimate of drug-likeness (QED) is 0.152. The van der Waals surface area contributed by atoms with E-state index in [2.05, 4.69) is 30.2 Å². The standard InChI is InChI=1S/C32H32F4N6O4S/c1-45-29(43)16-28(32(34,35)36)42-12-10-41(11-13-42)18-19-2-6-23(38-17-19)27-15-24-30(47-27)26(8-9-37-24)46-25-7-5-21(14-22(25)33)40-31(44)39-20-3-4-20/h2,5-9,14-15,17,20,28H,3-4,10-13,16,18H2,1H3,(H2,39,40,44). The van der Waals surface area contributed by atoms with Crippen molar-refractivity contribution >= 4 is 39.2 Å². The van der Waals surface area contributed by atoms with Gasteiger partial charge in [0.25, 0.3) is 0 Å². The Labute approximate surface area is 271 Å². The highest BCUT2D eigenvalue weighted by Gasteiger charge is 2.45. The molecule has 4 heterocycles. The molecule has 1 saturated heterocycles. The van der Waals surface area contributed by atoms with Crippen molar-refractivity contribution in [2.24, 2.45) is 0 Å². The first kappa shape index (κ1) is 32.6. The predicted octanol–water partition coefficient (Wildman–Crippen LogP) is 6.19. The van der Waals surface area contributed by atoms with E-state index >= 15 is 0 Å². The number of aromatic nitrogens is 2. The molecule has 1 saturated carbocycles. The van der Waals surface area contributed by atoms with Crippen LogP contribution in [0.25, 0.3) is 20.8 Å². The lowest BCUT2D eigenvalue weighted by Gasteiger charge is -2.39. The zero-order chi connectivity index (χ0) is 33.1. The molecule has 4 aromatic rings. The molecule has 2 N–H and O–H groups in total. The van der Waals surface area contributed by atoms with Crippen LogP contribution in [0.15, 0.2) is 54.9 Å². The fraction of sp³-hybridized carbons (Fsp3) is 0.375. The van der Waals surface area contributed by atoms with Gasteiger partial charge in [-0.1, -0.05) is 6.07 Å². The number of amides is 2. The van der Waals surface area contributed by atoms with Gasteiger partial charge in [0.1, 0.15) is 11.8 Å². The number of urea groups is 1. The summed E-state index contributed by atoms with van der Waals surface area (Å²) in [5.41, 5.74) is 2.58. The summed E-state index contributed by atoms with van der Waals surface area (Å²) in [6.45, 7) is 1.69. The number of alkyl halides is 3. The van der Waals surface area contributed by atoms with Gasteiger partial charge in [-0.15, -0.1) is 11.3 Å². The summed E-state index contributed by atoms with van der Waals surface area (Å²) in [7, 11) is 1.08. The molecule has 2 amide bonds. The van der Waals surface area contributed by atoms with E-state index in [4.69, 9.17) is 4.74 Å². The van der Waals surface area contributed by atoms with Gasteiger partial charge < -0.3 is 20.1 Å². The van der Waals surface area contributed by atoms with Crippen molar-refractivity contribution in [2.75, 3.05) is 38.6 Å². The number of nitrogens with one attached hydrogen (secondary N) is 2.